The van der Waals surface area contributed by atoms with E-state index in [1.165, 1.54) is 25.7 Å². The van der Waals surface area contributed by atoms with E-state index in [0.717, 1.165) is 19.6 Å². The average Bonchev–Trinajstić information content (AvgIpc) is 2.73. The topological polar surface area (TPSA) is 52.6 Å². The molecular formula is C14H26N2O2. The summed E-state index contributed by atoms with van der Waals surface area (Å²) in [4.78, 5) is 13.5. The molecule has 0 amide bonds. The van der Waals surface area contributed by atoms with E-state index >= 15 is 0 Å². The van der Waals surface area contributed by atoms with Crippen LogP contribution < -0.4 is 5.32 Å². The Morgan fingerprint density at radius 1 is 1.39 bits per heavy atom. The van der Waals surface area contributed by atoms with Gasteiger partial charge in [-0.2, -0.15) is 0 Å². The van der Waals surface area contributed by atoms with Crippen molar-refractivity contribution in [3.8, 4) is 0 Å². The minimum atomic E-state index is -0.696. The lowest BCUT2D eigenvalue weighted by molar-refractivity contribution is -0.137. The fourth-order valence-electron chi connectivity index (χ4n) is 3.33. The van der Waals surface area contributed by atoms with E-state index in [-0.39, 0.29) is 17.9 Å². The second kappa shape index (κ2) is 5.57. The van der Waals surface area contributed by atoms with Crippen LogP contribution in [0.1, 0.15) is 46.0 Å². The van der Waals surface area contributed by atoms with Gasteiger partial charge in [0.25, 0.3) is 0 Å². The van der Waals surface area contributed by atoms with Gasteiger partial charge >= 0.3 is 5.97 Å². The Hall–Kier alpha value is -0.610. The molecule has 1 aliphatic heterocycles. The van der Waals surface area contributed by atoms with Crippen LogP contribution in [0, 0.1) is 5.41 Å². The summed E-state index contributed by atoms with van der Waals surface area (Å²) in [6.07, 6.45) is 5.47. The minimum Gasteiger partial charge on any atom is -0.481 e. The molecule has 0 aromatic rings. The molecule has 104 valence electrons. The first kappa shape index (κ1) is 13.8. The third-order valence-corrected chi connectivity index (χ3v) is 4.22. The van der Waals surface area contributed by atoms with Crippen LogP contribution in [-0.2, 0) is 4.79 Å². The van der Waals surface area contributed by atoms with Crippen molar-refractivity contribution in [2.24, 2.45) is 5.41 Å². The van der Waals surface area contributed by atoms with Gasteiger partial charge in [-0.25, -0.2) is 0 Å². The van der Waals surface area contributed by atoms with Crippen LogP contribution in [0.5, 0.6) is 0 Å². The van der Waals surface area contributed by atoms with E-state index in [9.17, 15) is 4.79 Å². The van der Waals surface area contributed by atoms with E-state index in [2.05, 4.69) is 24.1 Å². The molecule has 0 bridgehead atoms. The molecule has 1 saturated heterocycles. The van der Waals surface area contributed by atoms with E-state index in [4.69, 9.17) is 5.11 Å². The van der Waals surface area contributed by atoms with Crippen molar-refractivity contribution >= 4 is 5.97 Å². The van der Waals surface area contributed by atoms with E-state index in [0.29, 0.717) is 6.04 Å². The average molecular weight is 254 g/mol. The van der Waals surface area contributed by atoms with Gasteiger partial charge in [0.05, 0.1) is 6.42 Å². The molecule has 1 saturated carbocycles. The first-order valence-electron chi connectivity index (χ1n) is 7.15. The van der Waals surface area contributed by atoms with E-state index in [1.807, 2.05) is 0 Å². The van der Waals surface area contributed by atoms with Gasteiger partial charge in [0.15, 0.2) is 0 Å². The zero-order valence-corrected chi connectivity index (χ0v) is 11.6. The van der Waals surface area contributed by atoms with Crippen LogP contribution in [-0.4, -0.2) is 47.7 Å². The molecule has 2 N–H and O–H groups in total. The maximum absolute atomic E-state index is 10.9. The Morgan fingerprint density at radius 3 is 2.67 bits per heavy atom. The standard InChI is InChI=1S/C14H26N2O2/c1-14(2)9-15-11(7-13(17)18)8-16(10-14)12-5-3-4-6-12/h11-12,15H,3-10H2,1-2H3,(H,17,18). The maximum Gasteiger partial charge on any atom is 0.304 e. The number of hydrogen-bond acceptors (Lipinski definition) is 3. The number of aliphatic carboxylic acids is 1. The summed E-state index contributed by atoms with van der Waals surface area (Å²) in [6.45, 7) is 7.42. The van der Waals surface area contributed by atoms with Crippen molar-refractivity contribution in [1.82, 2.24) is 10.2 Å². The van der Waals surface area contributed by atoms with Crippen molar-refractivity contribution in [2.75, 3.05) is 19.6 Å². The number of rotatable bonds is 3. The number of carbonyl (C=O) groups is 1. The fraction of sp³-hybridized carbons (Fsp3) is 0.929. The normalized spacial score (nSPS) is 30.2. The molecule has 1 heterocycles. The van der Waals surface area contributed by atoms with Crippen LogP contribution in [0.4, 0.5) is 0 Å². The molecule has 0 aromatic carbocycles. The molecule has 4 heteroatoms. The summed E-state index contributed by atoms with van der Waals surface area (Å²) < 4.78 is 0. The fourth-order valence-corrected chi connectivity index (χ4v) is 3.33. The van der Waals surface area contributed by atoms with Gasteiger partial charge in [-0.15, -0.1) is 0 Å². The largest absolute Gasteiger partial charge is 0.481 e. The zero-order chi connectivity index (χ0) is 13.2. The third-order valence-electron chi connectivity index (χ3n) is 4.22. The Labute approximate surface area is 110 Å². The first-order valence-corrected chi connectivity index (χ1v) is 7.15. The summed E-state index contributed by atoms with van der Waals surface area (Å²) in [5.74, 6) is -0.696. The molecule has 0 radical (unpaired) electrons. The summed E-state index contributed by atoms with van der Waals surface area (Å²) in [6, 6.07) is 0.783. The van der Waals surface area contributed by atoms with Crippen LogP contribution in [0.25, 0.3) is 0 Å². The zero-order valence-electron chi connectivity index (χ0n) is 11.6. The monoisotopic (exact) mass is 254 g/mol. The summed E-state index contributed by atoms with van der Waals surface area (Å²) in [5, 5.41) is 12.4. The number of hydrogen-bond donors (Lipinski definition) is 2. The molecule has 4 nitrogen and oxygen atoms in total. The van der Waals surface area contributed by atoms with E-state index < -0.39 is 5.97 Å². The highest BCUT2D eigenvalue weighted by Gasteiger charge is 2.33. The molecule has 2 rings (SSSR count). The van der Waals surface area contributed by atoms with Crippen LogP contribution in [0.2, 0.25) is 0 Å². The molecule has 1 unspecified atom stereocenters. The van der Waals surface area contributed by atoms with Gasteiger partial charge in [-0.3, -0.25) is 9.69 Å². The Morgan fingerprint density at radius 2 is 2.06 bits per heavy atom. The van der Waals surface area contributed by atoms with Gasteiger partial charge in [-0.05, 0) is 18.3 Å². The molecule has 0 spiro atoms. The molecule has 1 atom stereocenters. The van der Waals surface area contributed by atoms with Crippen molar-refractivity contribution in [3.63, 3.8) is 0 Å². The Bertz CT molecular complexity index is 298. The number of carboxylic acid groups (broad SMARTS) is 1. The quantitative estimate of drug-likeness (QED) is 0.805. The molecule has 0 aromatic heterocycles. The highest BCUT2D eigenvalue weighted by atomic mass is 16.4. The second-order valence-electron chi connectivity index (χ2n) is 6.71. The molecule has 1 aliphatic carbocycles. The number of nitrogens with zero attached hydrogens (tertiary/aromatic N) is 1. The van der Waals surface area contributed by atoms with Crippen molar-refractivity contribution < 1.29 is 9.90 Å². The van der Waals surface area contributed by atoms with Crippen molar-refractivity contribution in [1.29, 1.82) is 0 Å². The van der Waals surface area contributed by atoms with Crippen LogP contribution in [0.15, 0.2) is 0 Å². The van der Waals surface area contributed by atoms with Crippen LogP contribution >= 0.6 is 0 Å². The summed E-state index contributed by atoms with van der Waals surface area (Å²) in [5.41, 5.74) is 0.232. The summed E-state index contributed by atoms with van der Waals surface area (Å²) in [7, 11) is 0. The minimum absolute atomic E-state index is 0.102. The predicted molar refractivity (Wildman–Crippen MR) is 71.7 cm³/mol. The molecule has 2 fully saturated rings. The summed E-state index contributed by atoms with van der Waals surface area (Å²) >= 11 is 0. The van der Waals surface area contributed by atoms with Gasteiger partial charge in [-0.1, -0.05) is 26.7 Å². The number of carboxylic acids is 1. The van der Waals surface area contributed by atoms with Crippen LogP contribution in [0.3, 0.4) is 0 Å². The SMILES string of the molecule is CC1(C)CNC(CC(=O)O)CN(C2CCCC2)C1. The maximum atomic E-state index is 10.9. The van der Waals surface area contributed by atoms with Gasteiger partial charge < -0.3 is 10.4 Å². The van der Waals surface area contributed by atoms with Gasteiger partial charge in [0, 0.05) is 31.7 Å². The first-order chi connectivity index (χ1) is 8.46. The molecule has 18 heavy (non-hydrogen) atoms. The van der Waals surface area contributed by atoms with Crippen molar-refractivity contribution in [3.05, 3.63) is 0 Å². The highest BCUT2D eigenvalue weighted by Crippen LogP contribution is 2.28. The third kappa shape index (κ3) is 3.69. The van der Waals surface area contributed by atoms with Gasteiger partial charge in [0.1, 0.15) is 0 Å². The lowest BCUT2D eigenvalue weighted by atomic mass is 9.92. The van der Waals surface area contributed by atoms with Gasteiger partial charge in [0.2, 0.25) is 0 Å². The Balaban J connectivity index is 2.03. The number of nitrogens with one attached hydrogen (secondary N) is 1. The second-order valence-corrected chi connectivity index (χ2v) is 6.71. The Kier molecular flexibility index (Phi) is 4.28. The smallest absolute Gasteiger partial charge is 0.304 e. The predicted octanol–water partition coefficient (Wildman–Crippen LogP) is 1.70. The molecular weight excluding hydrogens is 228 g/mol. The lowest BCUT2D eigenvalue weighted by Crippen LogP contribution is -2.43. The van der Waals surface area contributed by atoms with E-state index in [1.54, 1.807) is 0 Å². The highest BCUT2D eigenvalue weighted by molar-refractivity contribution is 5.67. The lowest BCUT2D eigenvalue weighted by Gasteiger charge is -2.33. The molecule has 2 aliphatic rings. The van der Waals surface area contributed by atoms with Crippen molar-refractivity contribution in [2.45, 2.75) is 58.0 Å².